The fraction of sp³-hybridized carbons (Fsp3) is 0.923. The van der Waals surface area contributed by atoms with Crippen LogP contribution < -0.4 is 0 Å². The van der Waals surface area contributed by atoms with Gasteiger partial charge in [0, 0.05) is 0 Å². The number of hydrogen-bond acceptors (Lipinski definition) is 5. The zero-order valence-corrected chi connectivity index (χ0v) is 20.9. The van der Waals surface area contributed by atoms with Crippen LogP contribution in [0.15, 0.2) is 11.6 Å². The van der Waals surface area contributed by atoms with E-state index < -0.39 is 24.9 Å². The van der Waals surface area contributed by atoms with Crippen LogP contribution in [-0.2, 0) is 4.74 Å². The van der Waals surface area contributed by atoms with Gasteiger partial charge in [-0.2, -0.15) is 0 Å². The molecule has 0 rings (SSSR count). The second kappa shape index (κ2) is 19.0. The maximum atomic E-state index is 9.68. The van der Waals surface area contributed by atoms with Crippen molar-refractivity contribution in [1.82, 2.24) is 0 Å². The Balaban J connectivity index is 3.74. The molecule has 0 aromatic carbocycles. The highest BCUT2D eigenvalue weighted by atomic mass is 16.5. The van der Waals surface area contributed by atoms with Crippen molar-refractivity contribution in [2.45, 2.75) is 117 Å². The van der Waals surface area contributed by atoms with Crippen LogP contribution in [0, 0.1) is 17.8 Å². The summed E-state index contributed by atoms with van der Waals surface area (Å²) in [5.41, 5.74) is 1.37. The molecular formula is C26H52O5. The Hall–Kier alpha value is -0.460. The molecule has 0 aromatic rings. The first-order valence-electron chi connectivity index (χ1n) is 12.6. The van der Waals surface area contributed by atoms with Crippen LogP contribution in [0.5, 0.6) is 0 Å². The van der Waals surface area contributed by atoms with Gasteiger partial charge in [-0.25, -0.2) is 0 Å². The third kappa shape index (κ3) is 17.7. The third-order valence-corrected chi connectivity index (χ3v) is 6.16. The molecule has 0 radical (unpaired) electrons. The van der Waals surface area contributed by atoms with Gasteiger partial charge < -0.3 is 25.2 Å². The average Bonchev–Trinajstić information content (AvgIpc) is 2.71. The molecule has 0 saturated carbocycles. The van der Waals surface area contributed by atoms with E-state index in [4.69, 9.17) is 9.84 Å². The van der Waals surface area contributed by atoms with Crippen LogP contribution in [0.3, 0.4) is 0 Å². The first kappa shape index (κ1) is 30.5. The highest BCUT2D eigenvalue weighted by molar-refractivity contribution is 4.97. The molecule has 5 unspecified atom stereocenters. The smallest absolute Gasteiger partial charge is 0.110 e. The van der Waals surface area contributed by atoms with Crippen LogP contribution in [0.25, 0.3) is 0 Å². The highest BCUT2D eigenvalue weighted by Crippen LogP contribution is 2.22. The average molecular weight is 445 g/mol. The van der Waals surface area contributed by atoms with Crippen LogP contribution in [-0.4, -0.2) is 58.6 Å². The zero-order valence-electron chi connectivity index (χ0n) is 20.9. The SMILES string of the molecule is CC(=CCCOCC(O)C(O)C(O)CO)CCCC(C)CCCC(C)CCCC(C)C. The lowest BCUT2D eigenvalue weighted by molar-refractivity contribution is -0.0992. The quantitative estimate of drug-likeness (QED) is 0.159. The van der Waals surface area contributed by atoms with Gasteiger partial charge in [-0.3, -0.25) is 0 Å². The minimum atomic E-state index is -1.39. The van der Waals surface area contributed by atoms with Gasteiger partial charge in [0.1, 0.15) is 18.3 Å². The Morgan fingerprint density at radius 1 is 0.806 bits per heavy atom. The molecule has 5 heteroatoms. The molecule has 0 fully saturated rings. The summed E-state index contributed by atoms with van der Waals surface area (Å²) < 4.78 is 5.36. The molecule has 0 saturated heterocycles. The van der Waals surface area contributed by atoms with Crippen LogP contribution in [0.1, 0.15) is 98.8 Å². The van der Waals surface area contributed by atoms with Crippen LogP contribution >= 0.6 is 0 Å². The maximum absolute atomic E-state index is 9.68. The number of rotatable bonds is 20. The fourth-order valence-corrected chi connectivity index (χ4v) is 3.87. The van der Waals surface area contributed by atoms with E-state index >= 15 is 0 Å². The molecule has 0 aliphatic carbocycles. The number of aliphatic hydroxyl groups is 4. The van der Waals surface area contributed by atoms with E-state index in [-0.39, 0.29) is 6.61 Å². The highest BCUT2D eigenvalue weighted by Gasteiger charge is 2.23. The van der Waals surface area contributed by atoms with E-state index in [1.807, 2.05) is 0 Å². The van der Waals surface area contributed by atoms with Crippen molar-refractivity contribution in [2.24, 2.45) is 17.8 Å². The summed E-state index contributed by atoms with van der Waals surface area (Å²) in [7, 11) is 0. The third-order valence-electron chi connectivity index (χ3n) is 6.16. The van der Waals surface area contributed by atoms with E-state index in [0.717, 1.165) is 30.6 Å². The predicted molar refractivity (Wildman–Crippen MR) is 129 cm³/mol. The van der Waals surface area contributed by atoms with E-state index in [9.17, 15) is 15.3 Å². The zero-order chi connectivity index (χ0) is 23.6. The van der Waals surface area contributed by atoms with Gasteiger partial charge in [0.25, 0.3) is 0 Å². The lowest BCUT2D eigenvalue weighted by Crippen LogP contribution is -2.41. The van der Waals surface area contributed by atoms with Crippen molar-refractivity contribution in [3.05, 3.63) is 11.6 Å². The predicted octanol–water partition coefficient (Wildman–Crippen LogP) is 4.85. The van der Waals surface area contributed by atoms with Crippen molar-refractivity contribution in [3.8, 4) is 0 Å². The molecule has 0 spiro atoms. The number of allylic oxidation sites excluding steroid dienone is 1. The Bertz CT molecular complexity index is 438. The summed E-state index contributed by atoms with van der Waals surface area (Å²) in [5.74, 6) is 2.49. The number of hydrogen-bond donors (Lipinski definition) is 4. The van der Waals surface area contributed by atoms with Gasteiger partial charge in [0.2, 0.25) is 0 Å². The lowest BCUT2D eigenvalue weighted by Gasteiger charge is -2.21. The molecule has 31 heavy (non-hydrogen) atoms. The van der Waals surface area contributed by atoms with Gasteiger partial charge in [0.05, 0.1) is 19.8 Å². The summed E-state index contributed by atoms with van der Waals surface area (Å²) in [6, 6.07) is 0. The molecule has 0 aliphatic heterocycles. The largest absolute Gasteiger partial charge is 0.394 e. The maximum Gasteiger partial charge on any atom is 0.110 e. The van der Waals surface area contributed by atoms with Gasteiger partial charge >= 0.3 is 0 Å². The summed E-state index contributed by atoms with van der Waals surface area (Å²) in [4.78, 5) is 0. The Morgan fingerprint density at radius 2 is 1.35 bits per heavy atom. The van der Waals surface area contributed by atoms with E-state index in [1.165, 1.54) is 56.9 Å². The molecule has 0 bridgehead atoms. The molecule has 0 amide bonds. The van der Waals surface area contributed by atoms with Gasteiger partial charge in [-0.1, -0.05) is 84.3 Å². The van der Waals surface area contributed by atoms with E-state index in [1.54, 1.807) is 0 Å². The van der Waals surface area contributed by atoms with Gasteiger partial charge in [-0.15, -0.1) is 0 Å². The van der Waals surface area contributed by atoms with E-state index in [0.29, 0.717) is 6.61 Å². The second-order valence-corrected chi connectivity index (χ2v) is 10.1. The standard InChI is InChI=1S/C26H52O5/c1-20(2)10-6-11-21(3)12-7-13-22(4)14-8-15-23(5)16-9-17-31-19-25(29)26(30)24(28)18-27/h16,20-22,24-30H,6-15,17-19H2,1-5H3. The normalized spacial score (nSPS) is 17.5. The van der Waals surface area contributed by atoms with Crippen molar-refractivity contribution in [1.29, 1.82) is 0 Å². The number of ether oxygens (including phenoxy) is 1. The summed E-state index contributed by atoms with van der Waals surface area (Å²) in [6.07, 6.45) is 10.8. The van der Waals surface area contributed by atoms with Crippen molar-refractivity contribution >= 4 is 0 Å². The molecule has 0 heterocycles. The Morgan fingerprint density at radius 3 is 1.90 bits per heavy atom. The molecule has 5 atom stereocenters. The molecular weight excluding hydrogens is 392 g/mol. The molecule has 0 aromatic heterocycles. The minimum absolute atomic E-state index is 0.0566. The van der Waals surface area contributed by atoms with Gasteiger partial charge in [-0.05, 0) is 43.9 Å². The van der Waals surface area contributed by atoms with Crippen molar-refractivity contribution in [3.63, 3.8) is 0 Å². The minimum Gasteiger partial charge on any atom is -0.394 e. The summed E-state index contributed by atoms with van der Waals surface area (Å²) >= 11 is 0. The Kier molecular flexibility index (Phi) is 18.8. The van der Waals surface area contributed by atoms with E-state index in [2.05, 4.69) is 40.7 Å². The molecule has 186 valence electrons. The first-order chi connectivity index (χ1) is 14.7. The topological polar surface area (TPSA) is 90.2 Å². The lowest BCUT2D eigenvalue weighted by atomic mass is 9.91. The monoisotopic (exact) mass is 444 g/mol. The second-order valence-electron chi connectivity index (χ2n) is 10.1. The van der Waals surface area contributed by atoms with Crippen LogP contribution in [0.4, 0.5) is 0 Å². The Labute approximate surface area is 191 Å². The number of aliphatic hydroxyl groups excluding tert-OH is 4. The summed E-state index contributed by atoms with van der Waals surface area (Å²) in [6.45, 7) is 11.4. The van der Waals surface area contributed by atoms with Crippen LogP contribution in [0.2, 0.25) is 0 Å². The first-order valence-corrected chi connectivity index (χ1v) is 12.6. The molecule has 5 nitrogen and oxygen atoms in total. The van der Waals surface area contributed by atoms with Gasteiger partial charge in [0.15, 0.2) is 0 Å². The fourth-order valence-electron chi connectivity index (χ4n) is 3.87. The van der Waals surface area contributed by atoms with Crippen molar-refractivity contribution in [2.75, 3.05) is 19.8 Å². The molecule has 0 aliphatic rings. The van der Waals surface area contributed by atoms with Crippen molar-refractivity contribution < 1.29 is 25.2 Å². The molecule has 4 N–H and O–H groups in total. The summed E-state index contributed by atoms with van der Waals surface area (Å²) in [5, 5.41) is 37.3.